The molecule has 2 aromatic carbocycles. The van der Waals surface area contributed by atoms with Gasteiger partial charge in [-0.05, 0) is 49.4 Å². The number of piperazine rings is 1. The molecule has 0 unspecified atom stereocenters. The normalized spacial score (nSPS) is 21.2. The highest BCUT2D eigenvalue weighted by atomic mass is 127. The number of nitrogens with one attached hydrogen (secondary N) is 1. The van der Waals surface area contributed by atoms with E-state index in [1.54, 1.807) is 24.0 Å². The summed E-state index contributed by atoms with van der Waals surface area (Å²) in [7, 11) is 0. The summed E-state index contributed by atoms with van der Waals surface area (Å²) in [6, 6.07) is 16.5. The van der Waals surface area contributed by atoms with Crippen LogP contribution in [-0.4, -0.2) is 115 Å². The van der Waals surface area contributed by atoms with Crippen molar-refractivity contribution in [3.8, 4) is 23.2 Å². The molecule has 3 aromatic rings. The van der Waals surface area contributed by atoms with Gasteiger partial charge in [-0.2, -0.15) is 10.2 Å². The Morgan fingerprint density at radius 2 is 1.96 bits per heavy atom. The highest BCUT2D eigenvalue weighted by Crippen LogP contribution is 2.31. The minimum Gasteiger partial charge on any atom is -0.488 e. The van der Waals surface area contributed by atoms with Gasteiger partial charge in [-0.1, -0.05) is 4.51 Å². The quantitative estimate of drug-likeness (QED) is 0.234. The molecule has 1 aromatic heterocycles. The lowest BCUT2D eigenvalue weighted by atomic mass is 10.1. The molecule has 0 aliphatic carbocycles. The van der Waals surface area contributed by atoms with E-state index < -0.39 is 26.8 Å². The fourth-order valence-electron chi connectivity index (χ4n) is 5.95. The molecule has 13 heteroatoms. The maximum atomic E-state index is 12.5. The molecule has 3 atom stereocenters. The van der Waals surface area contributed by atoms with Crippen molar-refractivity contribution in [2.75, 3.05) is 62.7 Å². The molecule has 0 radical (unpaired) electrons. The predicted octanol–water partition coefficient (Wildman–Crippen LogP) is 3.20. The Labute approximate surface area is 279 Å². The van der Waals surface area contributed by atoms with Crippen LogP contribution in [0.2, 0.25) is 0 Å². The monoisotopic (exact) mass is 738 g/mol. The molecule has 3 fully saturated rings. The molecule has 12 nitrogen and oxygen atoms in total. The summed E-state index contributed by atoms with van der Waals surface area (Å²) < 4.78 is 16.0. The highest BCUT2D eigenvalue weighted by molar-refractivity contribution is 14.2. The number of nitriles is 1. The van der Waals surface area contributed by atoms with Gasteiger partial charge in [-0.3, -0.25) is 9.69 Å². The Kier molecular flexibility index (Phi) is 10.4. The molecule has 0 saturated carbocycles. The largest absolute Gasteiger partial charge is 0.488 e. The average molecular weight is 739 g/mol. The van der Waals surface area contributed by atoms with Gasteiger partial charge in [0.2, 0.25) is 11.9 Å². The number of benzene rings is 2. The second-order valence-electron chi connectivity index (χ2n) is 11.8. The summed E-state index contributed by atoms with van der Waals surface area (Å²) in [6.45, 7) is 8.53. The molecular formula is C33H39IN8O4. The fourth-order valence-corrected chi connectivity index (χ4v) is 7.78. The van der Waals surface area contributed by atoms with E-state index in [-0.39, 0.29) is 22.4 Å². The smallest absolute Gasteiger partial charge is 0.230 e. The van der Waals surface area contributed by atoms with Crippen LogP contribution in [0.1, 0.15) is 25.3 Å². The number of carbonyl (C=O) groups excluding carboxylic acids is 1. The lowest BCUT2D eigenvalue weighted by Crippen LogP contribution is -2.56. The number of amides is 1. The number of ether oxygens (including phenoxy) is 2. The lowest BCUT2D eigenvalue weighted by Gasteiger charge is -2.43. The van der Waals surface area contributed by atoms with Gasteiger partial charge in [0.25, 0.3) is 0 Å². The molecule has 2 N–H and O–H groups in total. The van der Waals surface area contributed by atoms with E-state index in [0.29, 0.717) is 54.2 Å². The van der Waals surface area contributed by atoms with Crippen molar-refractivity contribution in [1.29, 1.82) is 5.26 Å². The second-order valence-corrected chi connectivity index (χ2v) is 14.3. The number of carbonyl (C=O) groups is 1. The van der Waals surface area contributed by atoms with Gasteiger partial charge in [-0.15, -0.1) is 20.7 Å². The van der Waals surface area contributed by atoms with Gasteiger partial charge in [0.05, 0.1) is 41.3 Å². The molecule has 0 bridgehead atoms. The minimum atomic E-state index is -0.668. The SMILES string of the molecule is C=I[C@@H]1CN(C(=O)C[C@H](C)O)CC[C@@H]1Oc1ccc(-c2ncnc(Nc3ccc(N4CCN(C5COC5)CC4)cc3)n2)cc1C#N. The number of likely N-dealkylation sites (tertiary alicyclic amines) is 1. The van der Waals surface area contributed by atoms with Crippen LogP contribution in [0.15, 0.2) is 48.8 Å². The summed E-state index contributed by atoms with van der Waals surface area (Å²) in [4.78, 5) is 32.5. The number of rotatable bonds is 10. The van der Waals surface area contributed by atoms with E-state index in [9.17, 15) is 15.2 Å². The van der Waals surface area contributed by atoms with Crippen molar-refractivity contribution in [2.45, 2.75) is 41.9 Å². The first-order valence-electron chi connectivity index (χ1n) is 15.6. The molecule has 242 valence electrons. The Balaban J connectivity index is 1.08. The van der Waals surface area contributed by atoms with Crippen LogP contribution in [-0.2, 0) is 9.53 Å². The lowest BCUT2D eigenvalue weighted by molar-refractivity contribution is -0.134. The van der Waals surface area contributed by atoms with Crippen LogP contribution in [0.25, 0.3) is 11.4 Å². The summed E-state index contributed by atoms with van der Waals surface area (Å²) in [5.41, 5.74) is 3.13. The average Bonchev–Trinajstić information content (AvgIpc) is 3.05. The first-order valence-corrected chi connectivity index (χ1v) is 18.3. The number of piperidine rings is 1. The van der Waals surface area contributed by atoms with E-state index in [1.165, 1.54) is 12.0 Å². The number of nitrogens with zero attached hydrogens (tertiary/aromatic N) is 7. The first-order chi connectivity index (χ1) is 22.4. The number of anilines is 3. The van der Waals surface area contributed by atoms with Crippen molar-refractivity contribution in [2.24, 2.45) is 0 Å². The Morgan fingerprint density at radius 1 is 1.17 bits per heavy atom. The number of aliphatic hydroxyl groups excluding tert-OH is 1. The maximum absolute atomic E-state index is 12.5. The predicted molar refractivity (Wildman–Crippen MR) is 185 cm³/mol. The molecule has 6 rings (SSSR count). The Morgan fingerprint density at radius 3 is 2.63 bits per heavy atom. The molecule has 3 aliphatic heterocycles. The van der Waals surface area contributed by atoms with Crippen molar-refractivity contribution in [3.05, 3.63) is 54.4 Å². The van der Waals surface area contributed by atoms with Crippen LogP contribution in [0.5, 0.6) is 5.75 Å². The van der Waals surface area contributed by atoms with E-state index in [2.05, 4.69) is 52.8 Å². The van der Waals surface area contributed by atoms with Gasteiger partial charge in [0.15, 0.2) is 5.82 Å². The van der Waals surface area contributed by atoms with Gasteiger partial charge in [0, 0.05) is 62.6 Å². The third-order valence-electron chi connectivity index (χ3n) is 8.65. The Hall–Kier alpha value is -3.71. The topological polar surface area (TPSA) is 140 Å². The zero-order chi connectivity index (χ0) is 32.0. The van der Waals surface area contributed by atoms with Gasteiger partial charge in [-0.25, -0.2) is 9.97 Å². The summed E-state index contributed by atoms with van der Waals surface area (Å²) >= 11 is -0.474. The molecular weight excluding hydrogens is 699 g/mol. The van der Waals surface area contributed by atoms with E-state index in [4.69, 9.17) is 9.47 Å². The van der Waals surface area contributed by atoms with E-state index >= 15 is 0 Å². The van der Waals surface area contributed by atoms with Gasteiger partial charge >= 0.3 is 0 Å². The molecule has 3 aliphatic rings. The number of halogens is 1. The molecule has 3 saturated heterocycles. The third-order valence-corrected chi connectivity index (χ3v) is 11.0. The standard InChI is InChI=1S/C33H39IN8O4/c1-22(43)15-31(44)42-10-9-30(28(18-42)34-2)46-29-8-3-23(16-24(29)17-35)32-36-21-37-33(39-32)38-25-4-6-26(7-5-25)40-11-13-41(14-12-40)27-19-45-20-27/h3-8,16,21-22,27-28,30,43H,2,9-15,18-20H2,1H3,(H,36,37,38,39)/t22-,28+,30-/m0/s1. The molecule has 4 heterocycles. The zero-order valence-corrected chi connectivity index (χ0v) is 28.0. The first kappa shape index (κ1) is 32.2. The van der Waals surface area contributed by atoms with Gasteiger partial charge in [0.1, 0.15) is 24.3 Å². The van der Waals surface area contributed by atoms with Crippen LogP contribution < -0.4 is 15.0 Å². The molecule has 46 heavy (non-hydrogen) atoms. The maximum Gasteiger partial charge on any atom is 0.230 e. The highest BCUT2D eigenvalue weighted by Gasteiger charge is 2.33. The number of hydrogen-bond donors (Lipinski definition) is 2. The van der Waals surface area contributed by atoms with Crippen LogP contribution >= 0.6 is 20.7 Å². The number of aromatic nitrogens is 3. The Bertz CT molecular complexity index is 1570. The van der Waals surface area contributed by atoms with Crippen molar-refractivity contribution < 1.29 is 19.4 Å². The fraction of sp³-hybridized carbons (Fsp3) is 0.455. The second kappa shape index (κ2) is 14.8. The van der Waals surface area contributed by atoms with E-state index in [0.717, 1.165) is 45.1 Å². The van der Waals surface area contributed by atoms with Crippen LogP contribution in [0.3, 0.4) is 0 Å². The van der Waals surface area contributed by atoms with E-state index in [1.807, 2.05) is 18.2 Å². The summed E-state index contributed by atoms with van der Waals surface area (Å²) in [5, 5.41) is 22.9. The summed E-state index contributed by atoms with van der Waals surface area (Å²) in [5.74, 6) is 1.30. The number of aliphatic hydroxyl groups is 1. The summed E-state index contributed by atoms with van der Waals surface area (Å²) in [6.07, 6.45) is 1.42. The third kappa shape index (κ3) is 7.63. The minimum absolute atomic E-state index is 0.0503. The van der Waals surface area contributed by atoms with Crippen LogP contribution in [0.4, 0.5) is 17.3 Å². The molecule has 0 spiro atoms. The van der Waals surface area contributed by atoms with Crippen molar-refractivity contribution in [1.82, 2.24) is 24.8 Å². The zero-order valence-electron chi connectivity index (χ0n) is 25.9. The number of hydrogen-bond acceptors (Lipinski definition) is 11. The molecule has 1 amide bonds. The van der Waals surface area contributed by atoms with Crippen molar-refractivity contribution >= 4 is 48.5 Å². The van der Waals surface area contributed by atoms with Crippen molar-refractivity contribution in [3.63, 3.8) is 0 Å². The van der Waals surface area contributed by atoms with Gasteiger partial charge < -0.3 is 29.7 Å². The number of alkyl halides is 1. The van der Waals surface area contributed by atoms with Crippen LogP contribution in [0, 0.1) is 11.3 Å².